The lowest BCUT2D eigenvalue weighted by Gasteiger charge is -2.23. The molecule has 2 heterocycles. The molecule has 0 radical (unpaired) electrons. The third-order valence-electron chi connectivity index (χ3n) is 6.21. The highest BCUT2D eigenvalue weighted by atomic mass is 16.3. The van der Waals surface area contributed by atoms with Crippen molar-refractivity contribution in [3.63, 3.8) is 0 Å². The zero-order chi connectivity index (χ0) is 17.7. The van der Waals surface area contributed by atoms with Crippen LogP contribution >= 0.6 is 0 Å². The minimum atomic E-state index is 0.0293. The smallest absolute Gasteiger partial charge is 0.268 e. The topological polar surface area (TPSA) is 47.2 Å². The van der Waals surface area contributed by atoms with E-state index in [2.05, 4.69) is 36.5 Å². The van der Waals surface area contributed by atoms with Crippen LogP contribution in [0.4, 0.5) is 0 Å². The summed E-state index contributed by atoms with van der Waals surface area (Å²) in [6.45, 7) is 2.72. The monoisotopic (exact) mass is 348 g/mol. The lowest BCUT2D eigenvalue weighted by molar-refractivity contribution is 0.0914. The standard InChI is InChI=1S/C22H24N2O2/c1-14-3-2-4-16(9-14)13-24-20(12-18-7-8-26-22(18)24)21(25)23-19-11-15-5-6-17(19)10-15/h2-4,7-9,12,15,17,19H,5-6,10-11,13H2,1H3,(H,23,25). The molecule has 0 saturated heterocycles. The number of rotatable bonds is 4. The number of aromatic nitrogens is 1. The Bertz CT molecular complexity index is 968. The number of fused-ring (bicyclic) bond motifs is 3. The maximum absolute atomic E-state index is 13.0. The Morgan fingerprint density at radius 2 is 2.15 bits per heavy atom. The number of aryl methyl sites for hydroxylation is 1. The van der Waals surface area contributed by atoms with Gasteiger partial charge in [-0.2, -0.15) is 0 Å². The third kappa shape index (κ3) is 2.64. The van der Waals surface area contributed by atoms with E-state index in [-0.39, 0.29) is 5.91 Å². The SMILES string of the molecule is Cc1cccc(Cn2c(C(=O)NC3CC4CCC3C4)cc3ccoc32)c1. The largest absolute Gasteiger partial charge is 0.448 e. The van der Waals surface area contributed by atoms with Crippen LogP contribution in [0.5, 0.6) is 0 Å². The average Bonchev–Trinajstić information content (AvgIpc) is 3.37. The molecule has 2 saturated carbocycles. The van der Waals surface area contributed by atoms with E-state index in [1.54, 1.807) is 6.26 Å². The van der Waals surface area contributed by atoms with E-state index in [1.165, 1.54) is 30.4 Å². The second-order valence-corrected chi connectivity index (χ2v) is 8.04. The summed E-state index contributed by atoms with van der Waals surface area (Å²) in [5.74, 6) is 1.52. The van der Waals surface area contributed by atoms with Crippen molar-refractivity contribution >= 4 is 17.0 Å². The molecule has 3 unspecified atom stereocenters. The fourth-order valence-electron chi connectivity index (χ4n) is 4.98. The lowest BCUT2D eigenvalue weighted by atomic mass is 9.95. The number of benzene rings is 1. The Hall–Kier alpha value is -2.49. The molecule has 3 atom stereocenters. The molecule has 1 amide bonds. The van der Waals surface area contributed by atoms with Gasteiger partial charge in [0.05, 0.1) is 12.8 Å². The number of nitrogens with one attached hydrogen (secondary N) is 1. The number of nitrogens with zero attached hydrogens (tertiary/aromatic N) is 1. The van der Waals surface area contributed by atoms with E-state index in [0.29, 0.717) is 24.2 Å². The van der Waals surface area contributed by atoms with Gasteiger partial charge in [0, 0.05) is 11.4 Å². The third-order valence-corrected chi connectivity index (χ3v) is 6.21. The predicted octanol–water partition coefficient (Wildman–Crippen LogP) is 4.51. The molecule has 134 valence electrons. The summed E-state index contributed by atoms with van der Waals surface area (Å²) in [6, 6.07) is 12.6. The number of carbonyl (C=O) groups excluding carboxylic acids is 1. The van der Waals surface area contributed by atoms with Crippen molar-refractivity contribution in [3.05, 3.63) is 59.5 Å². The molecule has 5 rings (SSSR count). The Morgan fingerprint density at radius 1 is 1.23 bits per heavy atom. The summed E-state index contributed by atoms with van der Waals surface area (Å²) in [7, 11) is 0. The maximum atomic E-state index is 13.0. The lowest BCUT2D eigenvalue weighted by Crippen LogP contribution is -2.39. The van der Waals surface area contributed by atoms with E-state index in [0.717, 1.165) is 23.4 Å². The van der Waals surface area contributed by atoms with Crippen LogP contribution in [0.15, 0.2) is 47.1 Å². The molecular formula is C22H24N2O2. The summed E-state index contributed by atoms with van der Waals surface area (Å²) < 4.78 is 7.69. The second-order valence-electron chi connectivity index (χ2n) is 8.04. The molecule has 4 nitrogen and oxygen atoms in total. The fraction of sp³-hybridized carbons (Fsp3) is 0.409. The van der Waals surface area contributed by atoms with Crippen LogP contribution in [0.2, 0.25) is 0 Å². The molecule has 2 bridgehead atoms. The predicted molar refractivity (Wildman–Crippen MR) is 101 cm³/mol. The van der Waals surface area contributed by atoms with Crippen LogP contribution in [0.3, 0.4) is 0 Å². The molecule has 26 heavy (non-hydrogen) atoms. The van der Waals surface area contributed by atoms with Crippen LogP contribution in [-0.2, 0) is 6.54 Å². The highest BCUT2D eigenvalue weighted by molar-refractivity contribution is 5.98. The van der Waals surface area contributed by atoms with Gasteiger partial charge in [-0.05, 0) is 55.7 Å². The van der Waals surface area contributed by atoms with Crippen LogP contribution in [0.25, 0.3) is 11.1 Å². The highest BCUT2D eigenvalue weighted by Crippen LogP contribution is 2.44. The van der Waals surface area contributed by atoms with Gasteiger partial charge < -0.3 is 14.3 Å². The molecule has 1 N–H and O–H groups in total. The van der Waals surface area contributed by atoms with Crippen molar-refractivity contribution in [2.75, 3.05) is 0 Å². The maximum Gasteiger partial charge on any atom is 0.268 e. The Labute approximate surface area is 153 Å². The van der Waals surface area contributed by atoms with E-state index >= 15 is 0 Å². The van der Waals surface area contributed by atoms with Crippen molar-refractivity contribution in [1.29, 1.82) is 0 Å². The molecule has 4 heteroatoms. The Kier molecular flexibility index (Phi) is 3.66. The summed E-state index contributed by atoms with van der Waals surface area (Å²) in [4.78, 5) is 13.0. The first kappa shape index (κ1) is 15.7. The summed E-state index contributed by atoms with van der Waals surface area (Å²) >= 11 is 0. The van der Waals surface area contributed by atoms with Crippen molar-refractivity contribution in [1.82, 2.24) is 9.88 Å². The quantitative estimate of drug-likeness (QED) is 0.754. The number of furan rings is 1. The van der Waals surface area contributed by atoms with Crippen molar-refractivity contribution in [2.45, 2.75) is 45.2 Å². The van der Waals surface area contributed by atoms with Gasteiger partial charge in [-0.3, -0.25) is 4.79 Å². The average molecular weight is 348 g/mol. The van der Waals surface area contributed by atoms with Crippen LogP contribution < -0.4 is 5.32 Å². The zero-order valence-corrected chi connectivity index (χ0v) is 15.1. The van der Waals surface area contributed by atoms with E-state index in [9.17, 15) is 4.79 Å². The first-order valence-corrected chi connectivity index (χ1v) is 9.60. The number of carbonyl (C=O) groups is 1. The van der Waals surface area contributed by atoms with Gasteiger partial charge >= 0.3 is 0 Å². The molecule has 1 aromatic carbocycles. The zero-order valence-electron chi connectivity index (χ0n) is 15.1. The molecule has 3 aromatic rings. The highest BCUT2D eigenvalue weighted by Gasteiger charge is 2.40. The van der Waals surface area contributed by atoms with Gasteiger partial charge in [-0.1, -0.05) is 36.2 Å². The Balaban J connectivity index is 1.45. The van der Waals surface area contributed by atoms with Crippen LogP contribution in [0, 0.1) is 18.8 Å². The van der Waals surface area contributed by atoms with Gasteiger partial charge in [-0.15, -0.1) is 0 Å². The molecular weight excluding hydrogens is 324 g/mol. The normalized spacial score (nSPS) is 24.4. The van der Waals surface area contributed by atoms with E-state index in [4.69, 9.17) is 4.42 Å². The van der Waals surface area contributed by atoms with E-state index in [1.807, 2.05) is 16.7 Å². The molecule has 2 aromatic heterocycles. The molecule has 2 fully saturated rings. The van der Waals surface area contributed by atoms with Crippen molar-refractivity contribution in [3.8, 4) is 0 Å². The van der Waals surface area contributed by atoms with Crippen LogP contribution in [0.1, 0.15) is 47.3 Å². The van der Waals surface area contributed by atoms with Gasteiger partial charge in [0.15, 0.2) is 0 Å². The number of amides is 1. The van der Waals surface area contributed by atoms with Crippen LogP contribution in [-0.4, -0.2) is 16.5 Å². The Morgan fingerprint density at radius 3 is 2.92 bits per heavy atom. The van der Waals surface area contributed by atoms with Gasteiger partial charge in [0.2, 0.25) is 5.71 Å². The molecule has 2 aliphatic carbocycles. The number of hydrogen-bond acceptors (Lipinski definition) is 2. The first-order valence-electron chi connectivity index (χ1n) is 9.60. The molecule has 0 spiro atoms. The number of hydrogen-bond donors (Lipinski definition) is 1. The minimum Gasteiger partial charge on any atom is -0.448 e. The summed E-state index contributed by atoms with van der Waals surface area (Å²) in [6.07, 6.45) is 6.73. The van der Waals surface area contributed by atoms with E-state index < -0.39 is 0 Å². The fourth-order valence-corrected chi connectivity index (χ4v) is 4.98. The molecule has 2 aliphatic rings. The first-order chi connectivity index (χ1) is 12.7. The minimum absolute atomic E-state index is 0.0293. The molecule has 0 aliphatic heterocycles. The van der Waals surface area contributed by atoms with Crippen molar-refractivity contribution in [2.24, 2.45) is 11.8 Å². The van der Waals surface area contributed by atoms with Crippen molar-refractivity contribution < 1.29 is 9.21 Å². The van der Waals surface area contributed by atoms with Gasteiger partial charge in [-0.25, -0.2) is 0 Å². The van der Waals surface area contributed by atoms with Gasteiger partial charge in [0.25, 0.3) is 5.91 Å². The van der Waals surface area contributed by atoms with Gasteiger partial charge in [0.1, 0.15) is 5.69 Å². The summed E-state index contributed by atoms with van der Waals surface area (Å²) in [5.41, 5.74) is 3.86. The summed E-state index contributed by atoms with van der Waals surface area (Å²) in [5, 5.41) is 4.30. The second kappa shape index (κ2) is 6.04.